The lowest BCUT2D eigenvalue weighted by Gasteiger charge is -2.17. The van der Waals surface area contributed by atoms with Gasteiger partial charge in [0.1, 0.15) is 0 Å². The number of methoxy groups -OCH3 is 1. The third-order valence-corrected chi connectivity index (χ3v) is 2.68. The molecule has 0 aromatic carbocycles. The van der Waals surface area contributed by atoms with Crippen LogP contribution in [0.15, 0.2) is 12.4 Å². The molecule has 0 radical (unpaired) electrons. The Balaban J connectivity index is 2.28. The Morgan fingerprint density at radius 3 is 2.88 bits per heavy atom. The van der Waals surface area contributed by atoms with E-state index in [0.717, 1.165) is 32.2 Å². The number of rotatable bonds is 8. The Kier molecular flexibility index (Phi) is 6.00. The van der Waals surface area contributed by atoms with Crippen LogP contribution in [0.1, 0.15) is 19.9 Å². The molecular weight excluding hydrogens is 216 g/mol. The van der Waals surface area contributed by atoms with Crippen LogP contribution >= 0.6 is 0 Å². The molecule has 17 heavy (non-hydrogen) atoms. The molecule has 0 saturated heterocycles. The summed E-state index contributed by atoms with van der Waals surface area (Å²) in [7, 11) is 3.82. The Hall–Kier alpha value is -1.07. The largest absolute Gasteiger partial charge is 0.383 e. The van der Waals surface area contributed by atoms with Gasteiger partial charge in [-0.2, -0.15) is 0 Å². The molecule has 0 aliphatic rings. The van der Waals surface area contributed by atoms with Crippen molar-refractivity contribution in [2.45, 2.75) is 19.9 Å². The average molecular weight is 240 g/mol. The molecular formula is C12H24N4O. The third kappa shape index (κ3) is 4.75. The summed E-state index contributed by atoms with van der Waals surface area (Å²) in [6.45, 7) is 7.90. The van der Waals surface area contributed by atoms with Gasteiger partial charge in [0.25, 0.3) is 0 Å². The van der Waals surface area contributed by atoms with Gasteiger partial charge in [-0.1, -0.05) is 0 Å². The zero-order chi connectivity index (χ0) is 12.7. The third-order valence-electron chi connectivity index (χ3n) is 2.68. The normalized spacial score (nSPS) is 11.4. The fourth-order valence-electron chi connectivity index (χ4n) is 1.58. The van der Waals surface area contributed by atoms with Crippen molar-refractivity contribution in [1.29, 1.82) is 0 Å². The van der Waals surface area contributed by atoms with Crippen molar-refractivity contribution >= 4 is 5.95 Å². The number of anilines is 1. The molecule has 0 unspecified atom stereocenters. The van der Waals surface area contributed by atoms with Crippen molar-refractivity contribution in [3.63, 3.8) is 0 Å². The summed E-state index contributed by atoms with van der Waals surface area (Å²) in [6, 6.07) is 0.436. The summed E-state index contributed by atoms with van der Waals surface area (Å²) in [5.41, 5.74) is 0. The molecule has 1 heterocycles. The molecule has 0 fully saturated rings. The van der Waals surface area contributed by atoms with E-state index in [-0.39, 0.29) is 0 Å². The minimum absolute atomic E-state index is 0.436. The molecule has 5 nitrogen and oxygen atoms in total. The highest BCUT2D eigenvalue weighted by atomic mass is 16.5. The first-order valence-corrected chi connectivity index (χ1v) is 6.09. The van der Waals surface area contributed by atoms with Gasteiger partial charge in [-0.3, -0.25) is 0 Å². The van der Waals surface area contributed by atoms with Crippen LogP contribution in [0.2, 0.25) is 0 Å². The maximum absolute atomic E-state index is 5.04. The van der Waals surface area contributed by atoms with E-state index in [2.05, 4.69) is 40.7 Å². The summed E-state index contributed by atoms with van der Waals surface area (Å²) >= 11 is 0. The SMILES string of the molecule is COCCN(C)CCNc1nccn1C(C)C. The fraction of sp³-hybridized carbons (Fsp3) is 0.750. The number of likely N-dealkylation sites (N-methyl/N-ethyl adjacent to an activating group) is 1. The van der Waals surface area contributed by atoms with Gasteiger partial charge in [-0.05, 0) is 20.9 Å². The van der Waals surface area contributed by atoms with Crippen LogP contribution in [0.4, 0.5) is 5.95 Å². The number of nitrogens with one attached hydrogen (secondary N) is 1. The Bertz CT molecular complexity index is 311. The molecule has 0 spiro atoms. The van der Waals surface area contributed by atoms with Crippen LogP contribution in [0.25, 0.3) is 0 Å². The first kappa shape index (κ1) is 14.0. The molecule has 5 heteroatoms. The molecule has 0 saturated carbocycles. The zero-order valence-corrected chi connectivity index (χ0v) is 11.3. The monoisotopic (exact) mass is 240 g/mol. The van der Waals surface area contributed by atoms with Crippen molar-refractivity contribution in [1.82, 2.24) is 14.5 Å². The lowest BCUT2D eigenvalue weighted by Crippen LogP contribution is -2.28. The number of ether oxygens (including phenoxy) is 1. The predicted octanol–water partition coefficient (Wildman–Crippen LogP) is 1.45. The highest BCUT2D eigenvalue weighted by Gasteiger charge is 2.05. The van der Waals surface area contributed by atoms with E-state index in [0.29, 0.717) is 6.04 Å². The lowest BCUT2D eigenvalue weighted by atomic mass is 10.4. The van der Waals surface area contributed by atoms with Crippen molar-refractivity contribution < 1.29 is 4.74 Å². The second kappa shape index (κ2) is 7.29. The number of aromatic nitrogens is 2. The number of nitrogens with zero attached hydrogens (tertiary/aromatic N) is 3. The standard InChI is InChI=1S/C12H24N4O/c1-11(2)16-8-6-14-12(16)13-5-7-15(3)9-10-17-4/h6,8,11H,5,7,9-10H2,1-4H3,(H,13,14). The van der Waals surface area contributed by atoms with E-state index in [4.69, 9.17) is 4.74 Å². The predicted molar refractivity (Wildman–Crippen MR) is 70.5 cm³/mol. The van der Waals surface area contributed by atoms with E-state index < -0.39 is 0 Å². The van der Waals surface area contributed by atoms with E-state index in [1.165, 1.54) is 0 Å². The molecule has 1 aromatic heterocycles. The van der Waals surface area contributed by atoms with Crippen molar-refractivity contribution in [3.8, 4) is 0 Å². The molecule has 0 amide bonds. The molecule has 0 bridgehead atoms. The van der Waals surface area contributed by atoms with Crippen LogP contribution in [0.5, 0.6) is 0 Å². The van der Waals surface area contributed by atoms with Gasteiger partial charge in [0.05, 0.1) is 6.61 Å². The van der Waals surface area contributed by atoms with E-state index in [1.807, 2.05) is 12.4 Å². The summed E-state index contributed by atoms with van der Waals surface area (Å²) in [4.78, 5) is 6.54. The minimum Gasteiger partial charge on any atom is -0.383 e. The molecule has 0 atom stereocenters. The summed E-state index contributed by atoms with van der Waals surface area (Å²) in [5, 5.41) is 3.35. The van der Waals surface area contributed by atoms with Gasteiger partial charge in [-0.15, -0.1) is 0 Å². The lowest BCUT2D eigenvalue weighted by molar-refractivity contribution is 0.163. The van der Waals surface area contributed by atoms with Gasteiger partial charge in [0, 0.05) is 45.2 Å². The Labute approximate surface area is 104 Å². The smallest absolute Gasteiger partial charge is 0.203 e. The van der Waals surface area contributed by atoms with E-state index >= 15 is 0 Å². The second-order valence-electron chi connectivity index (χ2n) is 4.47. The molecule has 98 valence electrons. The van der Waals surface area contributed by atoms with Crippen molar-refractivity contribution in [2.24, 2.45) is 0 Å². The van der Waals surface area contributed by atoms with Crippen LogP contribution in [0.3, 0.4) is 0 Å². The fourth-order valence-corrected chi connectivity index (χ4v) is 1.58. The maximum atomic E-state index is 5.04. The molecule has 1 aromatic rings. The first-order chi connectivity index (χ1) is 8.15. The van der Waals surface area contributed by atoms with Crippen molar-refractivity contribution in [2.75, 3.05) is 45.7 Å². The first-order valence-electron chi connectivity index (χ1n) is 6.09. The van der Waals surface area contributed by atoms with Gasteiger partial charge < -0.3 is 19.5 Å². The highest BCUT2D eigenvalue weighted by molar-refractivity contribution is 5.26. The van der Waals surface area contributed by atoms with Crippen LogP contribution < -0.4 is 5.32 Å². The number of hydrogen-bond acceptors (Lipinski definition) is 4. The van der Waals surface area contributed by atoms with Gasteiger partial charge in [0.15, 0.2) is 0 Å². The average Bonchev–Trinajstić information content (AvgIpc) is 2.74. The highest BCUT2D eigenvalue weighted by Crippen LogP contribution is 2.11. The topological polar surface area (TPSA) is 42.3 Å². The molecule has 0 aliphatic heterocycles. The molecule has 1 N–H and O–H groups in total. The number of hydrogen-bond donors (Lipinski definition) is 1. The van der Waals surface area contributed by atoms with E-state index in [1.54, 1.807) is 7.11 Å². The Morgan fingerprint density at radius 2 is 2.24 bits per heavy atom. The van der Waals surface area contributed by atoms with Gasteiger partial charge >= 0.3 is 0 Å². The van der Waals surface area contributed by atoms with E-state index in [9.17, 15) is 0 Å². The maximum Gasteiger partial charge on any atom is 0.203 e. The zero-order valence-electron chi connectivity index (χ0n) is 11.3. The quantitative estimate of drug-likeness (QED) is 0.747. The summed E-state index contributed by atoms with van der Waals surface area (Å²) in [5.74, 6) is 0.945. The van der Waals surface area contributed by atoms with Crippen molar-refractivity contribution in [3.05, 3.63) is 12.4 Å². The Morgan fingerprint density at radius 1 is 1.47 bits per heavy atom. The van der Waals surface area contributed by atoms with Gasteiger partial charge in [-0.25, -0.2) is 4.98 Å². The second-order valence-corrected chi connectivity index (χ2v) is 4.47. The van der Waals surface area contributed by atoms with Crippen LogP contribution in [-0.4, -0.2) is 54.8 Å². The molecule has 1 rings (SSSR count). The van der Waals surface area contributed by atoms with Gasteiger partial charge in [0.2, 0.25) is 5.95 Å². The minimum atomic E-state index is 0.436. The number of imidazole rings is 1. The summed E-state index contributed by atoms with van der Waals surface area (Å²) < 4.78 is 7.17. The molecule has 0 aliphatic carbocycles. The summed E-state index contributed by atoms with van der Waals surface area (Å²) in [6.07, 6.45) is 3.83. The van der Waals surface area contributed by atoms with Crippen LogP contribution in [0, 0.1) is 0 Å². The van der Waals surface area contributed by atoms with Crippen LogP contribution in [-0.2, 0) is 4.74 Å².